The number of hydrogen-bond acceptors (Lipinski definition) is 5. The Labute approximate surface area is 195 Å². The number of nitrogens with zero attached hydrogens (tertiary/aromatic N) is 5. The first-order valence-electron chi connectivity index (χ1n) is 10.6. The number of methoxy groups -OCH3 is 1. The first-order valence-corrected chi connectivity index (χ1v) is 11.0. The second-order valence-corrected chi connectivity index (χ2v) is 8.28. The van der Waals surface area contributed by atoms with Crippen molar-refractivity contribution in [3.05, 3.63) is 99.6 Å². The molecular formula is C25H23N5O2S. The molecule has 0 aliphatic rings. The zero-order valence-corrected chi connectivity index (χ0v) is 19.2. The highest BCUT2D eigenvalue weighted by Crippen LogP contribution is 2.18. The van der Waals surface area contributed by atoms with E-state index in [0.29, 0.717) is 29.1 Å². The molecule has 0 aliphatic carbocycles. The third-order valence-corrected chi connectivity index (χ3v) is 6.00. The molecule has 3 aromatic carbocycles. The number of ether oxygens (including phenoxy) is 1. The van der Waals surface area contributed by atoms with E-state index in [0.717, 1.165) is 22.5 Å². The van der Waals surface area contributed by atoms with Crippen molar-refractivity contribution in [1.29, 1.82) is 0 Å². The van der Waals surface area contributed by atoms with Gasteiger partial charge in [0.05, 0.1) is 30.4 Å². The Morgan fingerprint density at radius 2 is 1.67 bits per heavy atom. The first-order chi connectivity index (χ1) is 16.1. The van der Waals surface area contributed by atoms with Gasteiger partial charge in [-0.3, -0.25) is 14.1 Å². The molecule has 5 aromatic rings. The van der Waals surface area contributed by atoms with Gasteiger partial charge >= 0.3 is 0 Å². The molecule has 0 saturated carbocycles. The molecule has 0 atom stereocenters. The molecule has 2 heterocycles. The number of rotatable bonds is 6. The Morgan fingerprint density at radius 3 is 2.39 bits per heavy atom. The lowest BCUT2D eigenvalue weighted by Crippen LogP contribution is -2.23. The van der Waals surface area contributed by atoms with Crippen LogP contribution >= 0.6 is 12.2 Å². The van der Waals surface area contributed by atoms with Gasteiger partial charge in [0.2, 0.25) is 10.5 Å². The Bertz CT molecular complexity index is 1550. The van der Waals surface area contributed by atoms with Crippen molar-refractivity contribution in [2.45, 2.75) is 13.2 Å². The smallest absolute Gasteiger partial charge is 0.267 e. The van der Waals surface area contributed by atoms with Crippen LogP contribution in [-0.2, 0) is 13.2 Å². The SMILES string of the molecule is COc1ccc(CN(C)Cn2nc3n(-c4ccccc4)c(=O)c4ccccc4n3c2=S)cc1. The molecule has 0 fully saturated rings. The second kappa shape index (κ2) is 8.65. The molecule has 33 heavy (non-hydrogen) atoms. The molecule has 0 aliphatic heterocycles. The van der Waals surface area contributed by atoms with Crippen molar-refractivity contribution >= 4 is 28.9 Å². The van der Waals surface area contributed by atoms with Crippen molar-refractivity contribution in [3.8, 4) is 11.4 Å². The van der Waals surface area contributed by atoms with E-state index in [9.17, 15) is 4.79 Å². The van der Waals surface area contributed by atoms with Gasteiger partial charge in [0.25, 0.3) is 5.56 Å². The number of hydrogen-bond donors (Lipinski definition) is 0. The maximum atomic E-state index is 13.4. The predicted octanol–water partition coefficient (Wildman–Crippen LogP) is 4.27. The molecule has 0 bridgehead atoms. The van der Waals surface area contributed by atoms with Crippen LogP contribution in [0.2, 0.25) is 0 Å². The molecule has 0 spiro atoms. The van der Waals surface area contributed by atoms with E-state index in [2.05, 4.69) is 4.90 Å². The van der Waals surface area contributed by atoms with Gasteiger partial charge in [-0.15, -0.1) is 5.10 Å². The maximum absolute atomic E-state index is 13.4. The Balaban J connectivity index is 1.61. The van der Waals surface area contributed by atoms with E-state index in [-0.39, 0.29) is 5.56 Å². The number of benzene rings is 3. The molecule has 7 nitrogen and oxygen atoms in total. The third kappa shape index (κ3) is 3.83. The summed E-state index contributed by atoms with van der Waals surface area (Å²) in [6.07, 6.45) is 0. The largest absolute Gasteiger partial charge is 0.497 e. The van der Waals surface area contributed by atoms with Gasteiger partial charge in [0, 0.05) is 6.54 Å². The van der Waals surface area contributed by atoms with Gasteiger partial charge < -0.3 is 4.74 Å². The summed E-state index contributed by atoms with van der Waals surface area (Å²) in [6.45, 7) is 1.19. The zero-order chi connectivity index (χ0) is 22.9. The molecule has 0 N–H and O–H groups in total. The van der Waals surface area contributed by atoms with Gasteiger partial charge in [-0.05, 0) is 61.2 Å². The van der Waals surface area contributed by atoms with Crippen molar-refractivity contribution in [3.63, 3.8) is 0 Å². The fourth-order valence-corrected chi connectivity index (χ4v) is 4.31. The summed E-state index contributed by atoms with van der Waals surface area (Å²) in [6, 6.07) is 25.0. The van der Waals surface area contributed by atoms with Gasteiger partial charge in [-0.25, -0.2) is 9.25 Å². The van der Waals surface area contributed by atoms with Gasteiger partial charge in [-0.2, -0.15) is 0 Å². The standard InChI is InChI=1S/C25H23N5O2S/c1-27(16-18-12-14-20(32-2)15-13-18)17-28-25(33)30-22-11-7-6-10-21(22)23(31)29(24(30)26-28)19-8-4-3-5-9-19/h3-15H,16-17H2,1-2H3. The Morgan fingerprint density at radius 1 is 0.970 bits per heavy atom. The molecule has 8 heteroatoms. The van der Waals surface area contributed by atoms with E-state index in [1.807, 2.05) is 90.3 Å². The number of para-hydroxylation sites is 2. The van der Waals surface area contributed by atoms with E-state index in [1.54, 1.807) is 16.4 Å². The minimum absolute atomic E-state index is 0.122. The Hall–Kier alpha value is -3.75. The molecule has 5 rings (SSSR count). The minimum atomic E-state index is -0.122. The fourth-order valence-electron chi connectivity index (χ4n) is 4.04. The average molecular weight is 458 g/mol. The van der Waals surface area contributed by atoms with Gasteiger partial charge in [-0.1, -0.05) is 42.5 Å². The molecule has 166 valence electrons. The molecule has 0 amide bonds. The lowest BCUT2D eigenvalue weighted by Gasteiger charge is -2.16. The normalized spacial score (nSPS) is 11.5. The maximum Gasteiger partial charge on any atom is 0.267 e. The summed E-state index contributed by atoms with van der Waals surface area (Å²) in [5.41, 5.74) is 2.53. The fraction of sp³-hybridized carbons (Fsp3) is 0.160. The zero-order valence-electron chi connectivity index (χ0n) is 18.4. The molecule has 0 saturated heterocycles. The second-order valence-electron chi connectivity index (χ2n) is 7.91. The van der Waals surface area contributed by atoms with Crippen LogP contribution in [0, 0.1) is 4.77 Å². The van der Waals surface area contributed by atoms with E-state index >= 15 is 0 Å². The average Bonchev–Trinajstić information content (AvgIpc) is 3.16. The van der Waals surface area contributed by atoms with Crippen LogP contribution in [0.4, 0.5) is 0 Å². The van der Waals surface area contributed by atoms with Crippen LogP contribution in [0.3, 0.4) is 0 Å². The van der Waals surface area contributed by atoms with Crippen LogP contribution in [0.5, 0.6) is 5.75 Å². The van der Waals surface area contributed by atoms with Crippen molar-refractivity contribution < 1.29 is 4.74 Å². The molecule has 0 unspecified atom stereocenters. The van der Waals surface area contributed by atoms with Crippen molar-refractivity contribution in [2.75, 3.05) is 14.2 Å². The quantitative estimate of drug-likeness (QED) is 0.357. The molecule has 0 radical (unpaired) electrons. The highest BCUT2D eigenvalue weighted by molar-refractivity contribution is 7.71. The molecule has 2 aromatic heterocycles. The van der Waals surface area contributed by atoms with Crippen LogP contribution in [-0.4, -0.2) is 37.8 Å². The summed E-state index contributed by atoms with van der Waals surface area (Å²) in [5.74, 6) is 1.32. The lowest BCUT2D eigenvalue weighted by molar-refractivity contribution is 0.244. The van der Waals surface area contributed by atoms with Gasteiger partial charge in [0.15, 0.2) is 0 Å². The van der Waals surface area contributed by atoms with E-state index in [1.165, 1.54) is 0 Å². The minimum Gasteiger partial charge on any atom is -0.497 e. The summed E-state index contributed by atoms with van der Waals surface area (Å²) >= 11 is 5.83. The summed E-state index contributed by atoms with van der Waals surface area (Å²) < 4.78 is 11.0. The van der Waals surface area contributed by atoms with Crippen LogP contribution in [0.25, 0.3) is 22.4 Å². The topological polar surface area (TPSA) is 56.7 Å². The predicted molar refractivity (Wildman–Crippen MR) is 132 cm³/mol. The highest BCUT2D eigenvalue weighted by atomic mass is 32.1. The van der Waals surface area contributed by atoms with E-state index in [4.69, 9.17) is 22.1 Å². The summed E-state index contributed by atoms with van der Waals surface area (Å²) in [7, 11) is 3.67. The first kappa shape index (κ1) is 21.1. The van der Waals surface area contributed by atoms with Crippen LogP contribution in [0.15, 0.2) is 83.7 Å². The monoisotopic (exact) mass is 457 g/mol. The number of aromatic nitrogens is 4. The van der Waals surface area contributed by atoms with Crippen LogP contribution < -0.4 is 10.3 Å². The third-order valence-electron chi connectivity index (χ3n) is 5.60. The van der Waals surface area contributed by atoms with Crippen LogP contribution in [0.1, 0.15) is 5.56 Å². The molecular weight excluding hydrogens is 434 g/mol. The van der Waals surface area contributed by atoms with Gasteiger partial charge in [0.1, 0.15) is 5.75 Å². The number of fused-ring (bicyclic) bond motifs is 3. The summed E-state index contributed by atoms with van der Waals surface area (Å²) in [4.78, 5) is 15.5. The van der Waals surface area contributed by atoms with E-state index < -0.39 is 0 Å². The van der Waals surface area contributed by atoms with Crippen molar-refractivity contribution in [2.24, 2.45) is 0 Å². The highest BCUT2D eigenvalue weighted by Gasteiger charge is 2.17. The lowest BCUT2D eigenvalue weighted by atomic mass is 10.2. The Kier molecular flexibility index (Phi) is 5.53. The van der Waals surface area contributed by atoms with Crippen molar-refractivity contribution in [1.82, 2.24) is 23.6 Å². The summed E-state index contributed by atoms with van der Waals surface area (Å²) in [5, 5.41) is 5.38.